The fourth-order valence-electron chi connectivity index (χ4n) is 1.27. The Hall–Kier alpha value is -1.36. The zero-order chi connectivity index (χ0) is 10.1. The number of hydrogen-bond acceptors (Lipinski definition) is 2. The SMILES string of the molecule is Cc1ccnc(C(C)(C)C)c1C#N. The molecule has 1 heterocycles. The topological polar surface area (TPSA) is 36.7 Å². The van der Waals surface area contributed by atoms with Crippen LogP contribution in [0.25, 0.3) is 0 Å². The first-order valence-corrected chi connectivity index (χ1v) is 4.33. The molecule has 0 unspecified atom stereocenters. The minimum absolute atomic E-state index is 0.0584. The van der Waals surface area contributed by atoms with Crippen LogP contribution in [0.2, 0.25) is 0 Å². The Labute approximate surface area is 79.2 Å². The second-order valence-corrected chi connectivity index (χ2v) is 4.21. The van der Waals surface area contributed by atoms with E-state index in [9.17, 15) is 0 Å². The van der Waals surface area contributed by atoms with Gasteiger partial charge in [-0.2, -0.15) is 5.26 Å². The molecule has 2 heteroatoms. The summed E-state index contributed by atoms with van der Waals surface area (Å²) in [5.74, 6) is 0. The van der Waals surface area contributed by atoms with Crippen LogP contribution >= 0.6 is 0 Å². The summed E-state index contributed by atoms with van der Waals surface area (Å²) in [6.07, 6.45) is 1.76. The van der Waals surface area contributed by atoms with E-state index < -0.39 is 0 Å². The molecule has 0 spiro atoms. The van der Waals surface area contributed by atoms with Gasteiger partial charge in [0.05, 0.1) is 11.3 Å². The van der Waals surface area contributed by atoms with E-state index in [1.165, 1.54) is 0 Å². The average molecular weight is 174 g/mol. The van der Waals surface area contributed by atoms with Gasteiger partial charge in [-0.05, 0) is 18.6 Å². The third-order valence-corrected chi connectivity index (χ3v) is 1.98. The van der Waals surface area contributed by atoms with E-state index in [4.69, 9.17) is 5.26 Å². The van der Waals surface area contributed by atoms with Gasteiger partial charge in [0.1, 0.15) is 6.07 Å². The lowest BCUT2D eigenvalue weighted by molar-refractivity contribution is 0.566. The Morgan fingerprint density at radius 2 is 2.00 bits per heavy atom. The maximum atomic E-state index is 8.97. The highest BCUT2D eigenvalue weighted by atomic mass is 14.7. The highest BCUT2D eigenvalue weighted by molar-refractivity contribution is 5.42. The van der Waals surface area contributed by atoms with Gasteiger partial charge in [0.2, 0.25) is 0 Å². The standard InChI is InChI=1S/C11H14N2/c1-8-5-6-13-10(9(8)7-12)11(2,3)4/h5-6H,1-4H3. The van der Waals surface area contributed by atoms with Crippen molar-refractivity contribution < 1.29 is 0 Å². The van der Waals surface area contributed by atoms with Crippen LogP contribution in [-0.4, -0.2) is 4.98 Å². The number of aryl methyl sites for hydroxylation is 1. The summed E-state index contributed by atoms with van der Waals surface area (Å²) >= 11 is 0. The van der Waals surface area contributed by atoms with E-state index in [2.05, 4.69) is 31.8 Å². The van der Waals surface area contributed by atoms with Gasteiger partial charge in [-0.25, -0.2) is 0 Å². The van der Waals surface area contributed by atoms with Crippen molar-refractivity contribution in [1.29, 1.82) is 5.26 Å². The molecular formula is C11H14N2. The summed E-state index contributed by atoms with van der Waals surface area (Å²) in [4.78, 5) is 4.26. The average Bonchev–Trinajstić information content (AvgIpc) is 2.02. The molecule has 0 atom stereocenters. The molecule has 1 aromatic heterocycles. The van der Waals surface area contributed by atoms with Gasteiger partial charge < -0.3 is 0 Å². The molecule has 0 bridgehead atoms. The van der Waals surface area contributed by atoms with Crippen molar-refractivity contribution in [2.75, 3.05) is 0 Å². The summed E-state index contributed by atoms with van der Waals surface area (Å²) in [5, 5.41) is 8.97. The van der Waals surface area contributed by atoms with E-state index >= 15 is 0 Å². The maximum Gasteiger partial charge on any atom is 0.101 e. The summed E-state index contributed by atoms with van der Waals surface area (Å²) in [7, 11) is 0. The molecular weight excluding hydrogens is 160 g/mol. The van der Waals surface area contributed by atoms with Crippen LogP contribution in [-0.2, 0) is 5.41 Å². The van der Waals surface area contributed by atoms with Crippen LogP contribution in [0, 0.1) is 18.3 Å². The van der Waals surface area contributed by atoms with Crippen molar-refractivity contribution in [1.82, 2.24) is 4.98 Å². The van der Waals surface area contributed by atoms with E-state index in [0.717, 1.165) is 16.8 Å². The van der Waals surface area contributed by atoms with Crippen LogP contribution < -0.4 is 0 Å². The minimum atomic E-state index is -0.0584. The van der Waals surface area contributed by atoms with Gasteiger partial charge in [-0.1, -0.05) is 20.8 Å². The molecule has 1 aromatic rings. The Balaban J connectivity index is 3.40. The monoisotopic (exact) mass is 174 g/mol. The predicted octanol–water partition coefficient (Wildman–Crippen LogP) is 2.56. The predicted molar refractivity (Wildman–Crippen MR) is 52.4 cm³/mol. The van der Waals surface area contributed by atoms with Gasteiger partial charge in [0.25, 0.3) is 0 Å². The zero-order valence-electron chi connectivity index (χ0n) is 8.55. The lowest BCUT2D eigenvalue weighted by Gasteiger charge is -2.19. The number of hydrogen-bond donors (Lipinski definition) is 0. The Kier molecular flexibility index (Phi) is 2.38. The molecule has 0 aliphatic carbocycles. The van der Waals surface area contributed by atoms with Crippen LogP contribution in [0.4, 0.5) is 0 Å². The third kappa shape index (κ3) is 1.86. The van der Waals surface area contributed by atoms with Crippen molar-refractivity contribution in [3.8, 4) is 6.07 Å². The van der Waals surface area contributed by atoms with Crippen LogP contribution in [0.3, 0.4) is 0 Å². The second-order valence-electron chi connectivity index (χ2n) is 4.21. The normalized spacial score (nSPS) is 11.0. The molecule has 0 fully saturated rings. The molecule has 0 saturated heterocycles. The highest BCUT2D eigenvalue weighted by Crippen LogP contribution is 2.24. The van der Waals surface area contributed by atoms with Crippen LogP contribution in [0.5, 0.6) is 0 Å². The van der Waals surface area contributed by atoms with Gasteiger partial charge >= 0.3 is 0 Å². The van der Waals surface area contributed by atoms with Crippen molar-refractivity contribution in [2.24, 2.45) is 0 Å². The lowest BCUT2D eigenvalue weighted by Crippen LogP contribution is -2.16. The number of rotatable bonds is 0. The van der Waals surface area contributed by atoms with E-state index in [1.54, 1.807) is 6.20 Å². The van der Waals surface area contributed by atoms with E-state index in [-0.39, 0.29) is 5.41 Å². The number of pyridine rings is 1. The molecule has 0 N–H and O–H groups in total. The van der Waals surface area contributed by atoms with Crippen LogP contribution in [0.1, 0.15) is 37.6 Å². The molecule has 0 radical (unpaired) electrons. The smallest absolute Gasteiger partial charge is 0.101 e. The van der Waals surface area contributed by atoms with Crippen molar-refractivity contribution >= 4 is 0 Å². The Morgan fingerprint density at radius 3 is 2.38 bits per heavy atom. The van der Waals surface area contributed by atoms with Crippen LogP contribution in [0.15, 0.2) is 12.3 Å². The van der Waals surface area contributed by atoms with Gasteiger partial charge in [-0.3, -0.25) is 4.98 Å². The van der Waals surface area contributed by atoms with E-state index in [0.29, 0.717) is 0 Å². The molecule has 0 saturated carbocycles. The molecule has 2 nitrogen and oxygen atoms in total. The first kappa shape index (κ1) is 9.73. The number of nitriles is 1. The molecule has 0 aromatic carbocycles. The van der Waals surface area contributed by atoms with Crippen molar-refractivity contribution in [3.63, 3.8) is 0 Å². The summed E-state index contributed by atoms with van der Waals surface area (Å²) in [6.45, 7) is 8.14. The number of nitrogens with zero attached hydrogens (tertiary/aromatic N) is 2. The van der Waals surface area contributed by atoms with Gasteiger partial charge in [0, 0.05) is 11.6 Å². The summed E-state index contributed by atoms with van der Waals surface area (Å²) in [6, 6.07) is 4.08. The molecule has 0 amide bonds. The molecule has 0 aliphatic rings. The van der Waals surface area contributed by atoms with Gasteiger partial charge in [0.15, 0.2) is 0 Å². The zero-order valence-corrected chi connectivity index (χ0v) is 8.55. The first-order valence-electron chi connectivity index (χ1n) is 4.33. The minimum Gasteiger partial charge on any atom is -0.259 e. The highest BCUT2D eigenvalue weighted by Gasteiger charge is 2.20. The quantitative estimate of drug-likeness (QED) is 0.606. The molecule has 1 rings (SSSR count). The van der Waals surface area contributed by atoms with Crippen molar-refractivity contribution in [3.05, 3.63) is 29.1 Å². The molecule has 0 aliphatic heterocycles. The molecule has 13 heavy (non-hydrogen) atoms. The number of aromatic nitrogens is 1. The second kappa shape index (κ2) is 3.18. The van der Waals surface area contributed by atoms with Crippen molar-refractivity contribution in [2.45, 2.75) is 33.1 Å². The Bertz CT molecular complexity index is 353. The molecule has 68 valence electrons. The summed E-state index contributed by atoms with van der Waals surface area (Å²) in [5.41, 5.74) is 2.55. The fraction of sp³-hybridized carbons (Fsp3) is 0.455. The first-order chi connectivity index (χ1) is 5.96. The fourth-order valence-corrected chi connectivity index (χ4v) is 1.27. The van der Waals surface area contributed by atoms with Gasteiger partial charge in [-0.15, -0.1) is 0 Å². The largest absolute Gasteiger partial charge is 0.259 e. The lowest BCUT2D eigenvalue weighted by atomic mass is 9.87. The summed E-state index contributed by atoms with van der Waals surface area (Å²) < 4.78 is 0. The maximum absolute atomic E-state index is 8.97. The Morgan fingerprint density at radius 1 is 1.38 bits per heavy atom. The third-order valence-electron chi connectivity index (χ3n) is 1.98. The van der Waals surface area contributed by atoms with E-state index in [1.807, 2.05) is 13.0 Å².